The fraction of sp³-hybridized carbons (Fsp3) is 0.360. The normalized spacial score (nSPS) is 14.7. The van der Waals surface area contributed by atoms with Gasteiger partial charge in [0, 0.05) is 24.6 Å². The molecule has 1 aliphatic carbocycles. The summed E-state index contributed by atoms with van der Waals surface area (Å²) < 4.78 is 34.7. The molecule has 0 atom stereocenters. The summed E-state index contributed by atoms with van der Waals surface area (Å²) >= 11 is 0. The summed E-state index contributed by atoms with van der Waals surface area (Å²) in [5, 5.41) is 4.06. The number of hydrogen-bond donors (Lipinski definition) is 1. The van der Waals surface area contributed by atoms with Gasteiger partial charge in [0.25, 0.3) is 5.56 Å². The standard InChI is InChI=1S/C25H27N5O4S/c1-16-7-10-20(11-8-16)35(32,33)26-14-13-23-28-24(29-34-23)18-9-12-22-21(15-18)27-17(2)25(31)30(22)19-5-3-4-6-19/h7-12,15,19,26H,3-6,13-14H2,1-2H3. The van der Waals surface area contributed by atoms with E-state index < -0.39 is 10.0 Å². The molecule has 4 aromatic rings. The molecule has 1 aliphatic rings. The number of nitrogens with one attached hydrogen (secondary N) is 1. The van der Waals surface area contributed by atoms with Crippen molar-refractivity contribution in [1.29, 1.82) is 0 Å². The Morgan fingerprint density at radius 2 is 1.80 bits per heavy atom. The van der Waals surface area contributed by atoms with Crippen molar-refractivity contribution in [2.75, 3.05) is 6.54 Å². The van der Waals surface area contributed by atoms with E-state index in [2.05, 4.69) is 19.8 Å². The van der Waals surface area contributed by atoms with Gasteiger partial charge in [-0.2, -0.15) is 4.98 Å². The topological polar surface area (TPSA) is 120 Å². The van der Waals surface area contributed by atoms with E-state index in [4.69, 9.17) is 4.52 Å². The Bertz CT molecular complexity index is 1530. The van der Waals surface area contributed by atoms with Crippen LogP contribution < -0.4 is 10.3 Å². The molecule has 2 aromatic carbocycles. The molecule has 10 heteroatoms. The smallest absolute Gasteiger partial charge is 0.272 e. The summed E-state index contributed by atoms with van der Waals surface area (Å²) in [5.41, 5.74) is 3.66. The van der Waals surface area contributed by atoms with E-state index in [1.54, 1.807) is 31.2 Å². The largest absolute Gasteiger partial charge is 0.339 e. The van der Waals surface area contributed by atoms with Crippen molar-refractivity contribution in [1.82, 2.24) is 24.4 Å². The van der Waals surface area contributed by atoms with Crippen molar-refractivity contribution in [3.05, 3.63) is 70.0 Å². The molecule has 9 nitrogen and oxygen atoms in total. The highest BCUT2D eigenvalue weighted by Gasteiger charge is 2.22. The van der Waals surface area contributed by atoms with Crippen molar-refractivity contribution in [2.45, 2.75) is 56.9 Å². The third kappa shape index (κ3) is 4.76. The lowest BCUT2D eigenvalue weighted by Gasteiger charge is -2.17. The first-order valence-corrected chi connectivity index (χ1v) is 13.2. The Morgan fingerprint density at radius 3 is 2.54 bits per heavy atom. The molecule has 0 amide bonds. The van der Waals surface area contributed by atoms with Gasteiger partial charge in [-0.15, -0.1) is 0 Å². The molecule has 2 aromatic heterocycles. The Labute approximate surface area is 203 Å². The molecular weight excluding hydrogens is 466 g/mol. The van der Waals surface area contributed by atoms with Gasteiger partial charge >= 0.3 is 0 Å². The Balaban J connectivity index is 1.33. The second kappa shape index (κ2) is 9.35. The van der Waals surface area contributed by atoms with E-state index in [0.717, 1.165) is 42.3 Å². The van der Waals surface area contributed by atoms with Crippen LogP contribution in [0.1, 0.15) is 48.9 Å². The lowest BCUT2D eigenvalue weighted by Crippen LogP contribution is -2.26. The molecule has 5 rings (SSSR count). The van der Waals surface area contributed by atoms with Crippen LogP contribution in [0.15, 0.2) is 56.7 Å². The maximum Gasteiger partial charge on any atom is 0.272 e. The van der Waals surface area contributed by atoms with Gasteiger partial charge < -0.3 is 9.09 Å². The lowest BCUT2D eigenvalue weighted by atomic mass is 10.1. The van der Waals surface area contributed by atoms with Crippen molar-refractivity contribution < 1.29 is 12.9 Å². The van der Waals surface area contributed by atoms with E-state index in [1.807, 2.05) is 29.7 Å². The Hall–Kier alpha value is -3.37. The number of benzene rings is 2. The first-order valence-electron chi connectivity index (χ1n) is 11.7. The second-order valence-electron chi connectivity index (χ2n) is 8.99. The molecule has 1 saturated carbocycles. The van der Waals surface area contributed by atoms with Gasteiger partial charge in [-0.1, -0.05) is 35.7 Å². The summed E-state index contributed by atoms with van der Waals surface area (Å²) in [4.78, 5) is 22.0. The van der Waals surface area contributed by atoms with Crippen LogP contribution in [0.2, 0.25) is 0 Å². The zero-order valence-corrected chi connectivity index (χ0v) is 20.5. The van der Waals surface area contributed by atoms with E-state index in [1.165, 1.54) is 0 Å². The van der Waals surface area contributed by atoms with Crippen LogP contribution in [0.3, 0.4) is 0 Å². The highest BCUT2D eigenvalue weighted by molar-refractivity contribution is 7.89. The van der Waals surface area contributed by atoms with Crippen LogP contribution in [0, 0.1) is 13.8 Å². The second-order valence-corrected chi connectivity index (χ2v) is 10.8. The molecule has 1 fully saturated rings. The molecule has 35 heavy (non-hydrogen) atoms. The number of rotatable bonds is 7. The fourth-order valence-corrected chi connectivity index (χ4v) is 5.59. The SMILES string of the molecule is Cc1ccc(S(=O)(=O)NCCc2nc(-c3ccc4c(c3)nc(C)c(=O)n4C3CCCC3)no2)cc1. The van der Waals surface area contributed by atoms with Gasteiger partial charge in [-0.25, -0.2) is 18.1 Å². The van der Waals surface area contributed by atoms with Crippen LogP contribution in [0.4, 0.5) is 0 Å². The minimum atomic E-state index is -3.61. The summed E-state index contributed by atoms with van der Waals surface area (Å²) in [7, 11) is -3.61. The molecule has 0 radical (unpaired) electrons. The van der Waals surface area contributed by atoms with Crippen molar-refractivity contribution >= 4 is 21.1 Å². The maximum atomic E-state index is 12.8. The quantitative estimate of drug-likeness (QED) is 0.417. The van der Waals surface area contributed by atoms with Gasteiger partial charge in [-0.05, 0) is 57.0 Å². The monoisotopic (exact) mass is 493 g/mol. The molecule has 182 valence electrons. The van der Waals surface area contributed by atoms with Gasteiger partial charge in [0.1, 0.15) is 5.69 Å². The highest BCUT2D eigenvalue weighted by Crippen LogP contribution is 2.31. The van der Waals surface area contributed by atoms with E-state index in [9.17, 15) is 13.2 Å². The third-order valence-corrected chi connectivity index (χ3v) is 7.91. The molecule has 0 aliphatic heterocycles. The maximum absolute atomic E-state index is 12.8. The number of sulfonamides is 1. The number of hydrogen-bond acceptors (Lipinski definition) is 7. The van der Waals surface area contributed by atoms with Gasteiger partial charge in [0.15, 0.2) is 0 Å². The van der Waals surface area contributed by atoms with Gasteiger partial charge in [0.05, 0.1) is 15.9 Å². The number of aromatic nitrogens is 4. The molecule has 0 saturated heterocycles. The molecular formula is C25H27N5O4S. The molecule has 0 unspecified atom stereocenters. The van der Waals surface area contributed by atoms with Crippen LogP contribution in [-0.2, 0) is 16.4 Å². The number of nitrogens with zero attached hydrogens (tertiary/aromatic N) is 4. The summed E-state index contributed by atoms with van der Waals surface area (Å²) in [6.45, 7) is 3.77. The van der Waals surface area contributed by atoms with Crippen LogP contribution >= 0.6 is 0 Å². The average Bonchev–Trinajstić information content (AvgIpc) is 3.52. The van der Waals surface area contributed by atoms with Gasteiger partial charge in [-0.3, -0.25) is 4.79 Å². The average molecular weight is 494 g/mol. The molecule has 0 spiro atoms. The summed E-state index contributed by atoms with van der Waals surface area (Å²) in [6.07, 6.45) is 4.52. The van der Waals surface area contributed by atoms with Crippen molar-refractivity contribution in [3.63, 3.8) is 0 Å². The lowest BCUT2D eigenvalue weighted by molar-refractivity contribution is 0.379. The first-order chi connectivity index (χ1) is 16.8. The number of fused-ring (bicyclic) bond motifs is 1. The van der Waals surface area contributed by atoms with Crippen LogP contribution in [0.25, 0.3) is 22.4 Å². The summed E-state index contributed by atoms with van der Waals surface area (Å²) in [6, 6.07) is 12.5. The van der Waals surface area contributed by atoms with E-state index in [-0.39, 0.29) is 29.5 Å². The molecule has 0 bridgehead atoms. The predicted octanol–water partition coefficient (Wildman–Crippen LogP) is 3.70. The van der Waals surface area contributed by atoms with E-state index >= 15 is 0 Å². The Morgan fingerprint density at radius 1 is 1.06 bits per heavy atom. The number of aryl methyl sites for hydroxylation is 2. The van der Waals surface area contributed by atoms with Crippen molar-refractivity contribution in [2.24, 2.45) is 0 Å². The Kier molecular flexibility index (Phi) is 6.24. The summed E-state index contributed by atoms with van der Waals surface area (Å²) in [5.74, 6) is 0.716. The zero-order valence-electron chi connectivity index (χ0n) is 19.7. The molecule has 2 heterocycles. The minimum Gasteiger partial charge on any atom is -0.339 e. The fourth-order valence-electron chi connectivity index (χ4n) is 4.56. The highest BCUT2D eigenvalue weighted by atomic mass is 32.2. The minimum absolute atomic E-state index is 0.0351. The van der Waals surface area contributed by atoms with Crippen molar-refractivity contribution in [3.8, 4) is 11.4 Å². The molecule has 1 N–H and O–H groups in total. The zero-order chi connectivity index (χ0) is 24.6. The van der Waals surface area contributed by atoms with E-state index in [0.29, 0.717) is 22.9 Å². The van der Waals surface area contributed by atoms with Crippen LogP contribution in [0.5, 0.6) is 0 Å². The van der Waals surface area contributed by atoms with Crippen LogP contribution in [-0.4, -0.2) is 34.7 Å². The third-order valence-electron chi connectivity index (χ3n) is 6.43. The van der Waals surface area contributed by atoms with Gasteiger partial charge in [0.2, 0.25) is 21.7 Å². The first kappa shape index (κ1) is 23.4. The predicted molar refractivity (Wildman–Crippen MR) is 132 cm³/mol.